The van der Waals surface area contributed by atoms with Crippen LogP contribution in [0.15, 0.2) is 30.5 Å². The fraction of sp³-hybridized carbons (Fsp3) is 0.263. The van der Waals surface area contributed by atoms with Crippen LogP contribution in [0.3, 0.4) is 0 Å². The molecule has 0 bridgehead atoms. The summed E-state index contributed by atoms with van der Waals surface area (Å²) in [5, 5.41) is 2.46. The molecule has 1 amide bonds. The minimum Gasteiger partial charge on any atom is -0.497 e. The predicted molar refractivity (Wildman–Crippen MR) is 102 cm³/mol. The Hall–Kier alpha value is -2.94. The van der Waals surface area contributed by atoms with E-state index in [2.05, 4.69) is 10.3 Å². The number of benzene rings is 1. The van der Waals surface area contributed by atoms with Crippen LogP contribution in [0.5, 0.6) is 11.5 Å². The molecule has 0 aliphatic heterocycles. The van der Waals surface area contributed by atoms with Crippen molar-refractivity contribution >= 4 is 28.8 Å². The molecule has 2 aromatic heterocycles. The lowest BCUT2D eigenvalue weighted by Crippen LogP contribution is -2.17. The average molecular weight is 428 g/mol. The van der Waals surface area contributed by atoms with Crippen molar-refractivity contribution in [1.82, 2.24) is 9.38 Å². The summed E-state index contributed by atoms with van der Waals surface area (Å²) in [5.74, 6) is 0.206. The van der Waals surface area contributed by atoms with E-state index < -0.39 is 17.6 Å². The third-order valence-electron chi connectivity index (χ3n) is 4.28. The number of alkyl halides is 3. The van der Waals surface area contributed by atoms with Crippen LogP contribution in [-0.4, -0.2) is 29.5 Å². The number of carbonyl (C=O) groups excluding carboxylic acids is 1. The van der Waals surface area contributed by atoms with Crippen LogP contribution < -0.4 is 14.8 Å². The number of pyridine rings is 1. The van der Waals surface area contributed by atoms with Gasteiger partial charge in [-0.05, 0) is 24.6 Å². The minimum atomic E-state index is -4.62. The lowest BCUT2D eigenvalue weighted by molar-refractivity contribution is -0.137. The van der Waals surface area contributed by atoms with Crippen LogP contribution in [0.25, 0.3) is 5.65 Å². The van der Waals surface area contributed by atoms with Crippen molar-refractivity contribution in [2.45, 2.75) is 19.5 Å². The molecule has 0 fully saturated rings. The van der Waals surface area contributed by atoms with Gasteiger partial charge in [0, 0.05) is 12.3 Å². The van der Waals surface area contributed by atoms with Crippen LogP contribution >= 0.6 is 11.6 Å². The minimum absolute atomic E-state index is 0.0339. The van der Waals surface area contributed by atoms with Crippen molar-refractivity contribution < 1.29 is 27.4 Å². The fourth-order valence-electron chi connectivity index (χ4n) is 2.88. The van der Waals surface area contributed by atoms with Gasteiger partial charge in [0.1, 0.15) is 17.2 Å². The molecular formula is C19H17ClF3N3O3. The summed E-state index contributed by atoms with van der Waals surface area (Å²) in [7, 11) is 2.91. The smallest absolute Gasteiger partial charge is 0.417 e. The number of rotatable bonds is 5. The Morgan fingerprint density at radius 1 is 1.24 bits per heavy atom. The normalized spacial score (nSPS) is 11.6. The van der Waals surface area contributed by atoms with Gasteiger partial charge in [0.05, 0.1) is 36.2 Å². The number of amides is 1. The van der Waals surface area contributed by atoms with Gasteiger partial charge in [0.15, 0.2) is 5.65 Å². The van der Waals surface area contributed by atoms with Gasteiger partial charge >= 0.3 is 6.18 Å². The maximum atomic E-state index is 13.2. The molecule has 0 unspecified atom stereocenters. The molecule has 0 atom stereocenters. The number of hydrogen-bond donors (Lipinski definition) is 1. The molecule has 0 aliphatic carbocycles. The highest BCUT2D eigenvalue weighted by molar-refractivity contribution is 6.33. The Balaban J connectivity index is 2.11. The van der Waals surface area contributed by atoms with E-state index in [0.717, 1.165) is 16.7 Å². The van der Waals surface area contributed by atoms with Gasteiger partial charge < -0.3 is 14.8 Å². The summed E-state index contributed by atoms with van der Waals surface area (Å²) >= 11 is 6.01. The van der Waals surface area contributed by atoms with Crippen LogP contribution in [0.4, 0.5) is 18.9 Å². The summed E-state index contributed by atoms with van der Waals surface area (Å²) in [5.41, 5.74) is -0.299. The van der Waals surface area contributed by atoms with Crippen molar-refractivity contribution in [3.63, 3.8) is 0 Å². The number of hydrogen-bond acceptors (Lipinski definition) is 4. The zero-order chi connectivity index (χ0) is 21.3. The number of methoxy groups -OCH3 is 2. The lowest BCUT2D eigenvalue weighted by Gasteiger charge is -2.13. The van der Waals surface area contributed by atoms with Crippen molar-refractivity contribution in [3.05, 3.63) is 52.4 Å². The SMILES string of the molecule is CCc1nc2c(Cl)cc(C(F)(F)F)cn2c1C(=O)Nc1ccc(OC)cc1OC. The topological polar surface area (TPSA) is 64.9 Å². The molecule has 1 aromatic carbocycles. The third kappa shape index (κ3) is 3.95. The van der Waals surface area contributed by atoms with Gasteiger partial charge in [-0.25, -0.2) is 4.98 Å². The number of carbonyl (C=O) groups is 1. The standard InChI is InChI=1S/C19H17ClF3N3O3/c1-4-13-16(18(27)25-14-6-5-11(28-2)8-15(14)29-3)26-9-10(19(21,22)23)7-12(20)17(26)24-13/h5-9H,4H2,1-3H3,(H,25,27). The number of fused-ring (bicyclic) bond motifs is 1. The number of aromatic nitrogens is 2. The zero-order valence-corrected chi connectivity index (χ0v) is 16.5. The number of halogens is 4. The number of anilines is 1. The molecule has 0 spiro atoms. The number of nitrogens with one attached hydrogen (secondary N) is 1. The molecule has 0 saturated carbocycles. The molecule has 1 N–H and O–H groups in total. The lowest BCUT2D eigenvalue weighted by atomic mass is 10.2. The first-order valence-corrected chi connectivity index (χ1v) is 8.88. The molecule has 154 valence electrons. The van der Waals surface area contributed by atoms with Crippen LogP contribution in [0.1, 0.15) is 28.7 Å². The molecular weight excluding hydrogens is 411 g/mol. The largest absolute Gasteiger partial charge is 0.497 e. The quantitative estimate of drug-likeness (QED) is 0.633. The van der Waals surface area contributed by atoms with E-state index in [0.29, 0.717) is 29.3 Å². The first kappa shape index (κ1) is 20.8. The van der Waals surface area contributed by atoms with Gasteiger partial charge in [0.25, 0.3) is 5.91 Å². The number of ether oxygens (including phenoxy) is 2. The Morgan fingerprint density at radius 2 is 1.97 bits per heavy atom. The molecule has 6 nitrogen and oxygen atoms in total. The van der Waals surface area contributed by atoms with E-state index in [4.69, 9.17) is 21.1 Å². The molecule has 29 heavy (non-hydrogen) atoms. The van der Waals surface area contributed by atoms with E-state index in [9.17, 15) is 18.0 Å². The van der Waals surface area contributed by atoms with Gasteiger partial charge in [-0.3, -0.25) is 9.20 Å². The maximum Gasteiger partial charge on any atom is 0.417 e. The monoisotopic (exact) mass is 427 g/mol. The summed E-state index contributed by atoms with van der Waals surface area (Å²) in [6.45, 7) is 1.74. The van der Waals surface area contributed by atoms with E-state index in [1.807, 2.05) is 0 Å². The molecule has 0 saturated heterocycles. The van der Waals surface area contributed by atoms with Crippen LogP contribution in [0, 0.1) is 0 Å². The predicted octanol–water partition coefficient (Wildman–Crippen LogP) is 4.84. The van der Waals surface area contributed by atoms with Crippen molar-refractivity contribution in [1.29, 1.82) is 0 Å². The molecule has 2 heterocycles. The Labute approximate surface area is 169 Å². The number of imidazole rings is 1. The molecule has 10 heteroatoms. The summed E-state index contributed by atoms with van der Waals surface area (Å²) in [6.07, 6.45) is -3.49. The van der Waals surface area contributed by atoms with Gasteiger partial charge in [-0.15, -0.1) is 0 Å². The van der Waals surface area contributed by atoms with E-state index in [1.165, 1.54) is 14.2 Å². The highest BCUT2D eigenvalue weighted by Gasteiger charge is 2.33. The Morgan fingerprint density at radius 3 is 2.55 bits per heavy atom. The molecule has 0 radical (unpaired) electrons. The maximum absolute atomic E-state index is 13.2. The van der Waals surface area contributed by atoms with E-state index in [-0.39, 0.29) is 16.4 Å². The van der Waals surface area contributed by atoms with Crippen LogP contribution in [0.2, 0.25) is 5.02 Å². The first-order chi connectivity index (χ1) is 13.7. The second-order valence-electron chi connectivity index (χ2n) is 6.05. The fourth-order valence-corrected chi connectivity index (χ4v) is 3.13. The third-order valence-corrected chi connectivity index (χ3v) is 4.56. The van der Waals surface area contributed by atoms with Crippen molar-refractivity contribution in [2.24, 2.45) is 0 Å². The van der Waals surface area contributed by atoms with Crippen molar-refractivity contribution in [3.8, 4) is 11.5 Å². The zero-order valence-electron chi connectivity index (χ0n) is 15.7. The average Bonchev–Trinajstić information content (AvgIpc) is 3.07. The van der Waals surface area contributed by atoms with Gasteiger partial charge in [-0.2, -0.15) is 13.2 Å². The number of aryl methyl sites for hydroxylation is 1. The summed E-state index contributed by atoms with van der Waals surface area (Å²) in [6, 6.07) is 5.55. The summed E-state index contributed by atoms with van der Waals surface area (Å²) in [4.78, 5) is 17.2. The molecule has 3 aromatic rings. The highest BCUT2D eigenvalue weighted by Crippen LogP contribution is 2.34. The molecule has 0 aliphatic rings. The Kier molecular flexibility index (Phi) is 5.61. The Bertz CT molecular complexity index is 1080. The second-order valence-corrected chi connectivity index (χ2v) is 6.46. The number of nitrogens with zero attached hydrogens (tertiary/aromatic N) is 2. The van der Waals surface area contributed by atoms with Gasteiger partial charge in [-0.1, -0.05) is 18.5 Å². The first-order valence-electron chi connectivity index (χ1n) is 8.50. The van der Waals surface area contributed by atoms with Crippen molar-refractivity contribution in [2.75, 3.05) is 19.5 Å². The van der Waals surface area contributed by atoms with E-state index in [1.54, 1.807) is 25.1 Å². The van der Waals surface area contributed by atoms with Gasteiger partial charge in [0.2, 0.25) is 0 Å². The second kappa shape index (κ2) is 7.82. The van der Waals surface area contributed by atoms with E-state index >= 15 is 0 Å². The van der Waals surface area contributed by atoms with Crippen LogP contribution in [-0.2, 0) is 12.6 Å². The highest BCUT2D eigenvalue weighted by atomic mass is 35.5. The summed E-state index contributed by atoms with van der Waals surface area (Å²) < 4.78 is 51.1. The molecule has 3 rings (SSSR count).